The quantitative estimate of drug-likeness (QED) is 0.813. The minimum absolute atomic E-state index is 0. The lowest BCUT2D eigenvalue weighted by Gasteiger charge is -2.27. The summed E-state index contributed by atoms with van der Waals surface area (Å²) in [6, 6.07) is 0.685. The first kappa shape index (κ1) is 18.1. The zero-order valence-electron chi connectivity index (χ0n) is 12.0. The number of nitrogens with two attached hydrogens (primary N) is 1. The summed E-state index contributed by atoms with van der Waals surface area (Å²) in [7, 11) is 0. The minimum Gasteiger partial charge on any atom is -0.377 e. The number of halogens is 1. The predicted molar refractivity (Wildman–Crippen MR) is 86.5 cm³/mol. The summed E-state index contributed by atoms with van der Waals surface area (Å²) < 4.78 is 5.66. The second-order valence-corrected chi connectivity index (χ2v) is 6.71. The maximum absolute atomic E-state index is 11.8. The molecule has 20 heavy (non-hydrogen) atoms. The van der Waals surface area contributed by atoms with Crippen molar-refractivity contribution in [2.45, 2.75) is 63.1 Å². The normalized spacial score (nSPS) is 30.4. The summed E-state index contributed by atoms with van der Waals surface area (Å²) in [5, 5.41) is 3.12. The molecule has 1 atom stereocenters. The third kappa shape index (κ3) is 6.66. The third-order valence-electron chi connectivity index (χ3n) is 3.95. The molecule has 1 amide bonds. The van der Waals surface area contributed by atoms with Crippen LogP contribution in [-0.2, 0) is 9.53 Å². The first-order valence-electron chi connectivity index (χ1n) is 7.48. The van der Waals surface area contributed by atoms with Crippen molar-refractivity contribution in [3.05, 3.63) is 0 Å². The van der Waals surface area contributed by atoms with E-state index in [0.29, 0.717) is 23.9 Å². The van der Waals surface area contributed by atoms with Crippen LogP contribution in [0.25, 0.3) is 0 Å². The molecule has 3 N–H and O–H groups in total. The van der Waals surface area contributed by atoms with Crippen molar-refractivity contribution >= 4 is 30.1 Å². The summed E-state index contributed by atoms with van der Waals surface area (Å²) in [5.41, 5.74) is 5.86. The maximum atomic E-state index is 11.8. The summed E-state index contributed by atoms with van der Waals surface area (Å²) in [5.74, 6) is 1.67. The SMILES string of the molecule is Cl.NC1CCC(NC(=O)CSCC2CCCCO2)CC1. The van der Waals surface area contributed by atoms with Gasteiger partial charge in [-0.1, -0.05) is 0 Å². The van der Waals surface area contributed by atoms with E-state index in [1.165, 1.54) is 12.8 Å². The molecule has 1 aliphatic carbocycles. The van der Waals surface area contributed by atoms with Crippen molar-refractivity contribution in [1.82, 2.24) is 5.32 Å². The van der Waals surface area contributed by atoms with E-state index in [0.717, 1.165) is 44.5 Å². The van der Waals surface area contributed by atoms with Crippen LogP contribution < -0.4 is 11.1 Å². The second kappa shape index (κ2) is 9.87. The van der Waals surface area contributed by atoms with Crippen LogP contribution in [-0.4, -0.2) is 42.2 Å². The molecule has 0 spiro atoms. The first-order chi connectivity index (χ1) is 9.24. The van der Waals surface area contributed by atoms with Gasteiger partial charge in [-0.15, -0.1) is 24.2 Å². The van der Waals surface area contributed by atoms with Crippen LogP contribution in [0.1, 0.15) is 44.9 Å². The number of nitrogens with one attached hydrogen (secondary N) is 1. The minimum atomic E-state index is 0. The largest absolute Gasteiger partial charge is 0.377 e. The summed E-state index contributed by atoms with van der Waals surface area (Å²) >= 11 is 1.70. The number of ether oxygens (including phenoxy) is 1. The average molecular weight is 323 g/mol. The van der Waals surface area contributed by atoms with Crippen molar-refractivity contribution in [3.63, 3.8) is 0 Å². The highest BCUT2D eigenvalue weighted by atomic mass is 35.5. The standard InChI is InChI=1S/C14H26N2O2S.ClH/c15-11-4-6-12(7-5-11)16-14(17)10-19-9-13-3-1-2-8-18-13;/h11-13H,1-10,15H2,(H,16,17);1H. The Kier molecular flexibility index (Phi) is 8.93. The number of carbonyl (C=O) groups is 1. The molecule has 1 heterocycles. The number of carbonyl (C=O) groups excluding carboxylic acids is 1. The van der Waals surface area contributed by atoms with E-state index in [1.54, 1.807) is 11.8 Å². The lowest BCUT2D eigenvalue weighted by atomic mass is 9.92. The van der Waals surface area contributed by atoms with Crippen LogP contribution in [0, 0.1) is 0 Å². The number of hydrogen-bond acceptors (Lipinski definition) is 4. The molecule has 2 rings (SSSR count). The zero-order chi connectivity index (χ0) is 13.5. The van der Waals surface area contributed by atoms with Crippen LogP contribution in [0.4, 0.5) is 0 Å². The van der Waals surface area contributed by atoms with E-state index >= 15 is 0 Å². The molecule has 4 nitrogen and oxygen atoms in total. The molecule has 2 aliphatic rings. The van der Waals surface area contributed by atoms with E-state index in [2.05, 4.69) is 5.32 Å². The highest BCUT2D eigenvalue weighted by Crippen LogP contribution is 2.18. The Bertz CT molecular complexity index is 280. The van der Waals surface area contributed by atoms with Gasteiger partial charge in [-0.3, -0.25) is 4.79 Å². The molecule has 0 radical (unpaired) electrons. The molecule has 2 fully saturated rings. The van der Waals surface area contributed by atoms with Gasteiger partial charge in [0.2, 0.25) is 5.91 Å². The molecular formula is C14H27ClN2O2S. The fourth-order valence-electron chi connectivity index (χ4n) is 2.75. The molecule has 6 heteroatoms. The van der Waals surface area contributed by atoms with Gasteiger partial charge in [0, 0.05) is 24.4 Å². The number of hydrogen-bond donors (Lipinski definition) is 2. The second-order valence-electron chi connectivity index (χ2n) is 5.68. The van der Waals surface area contributed by atoms with E-state index in [-0.39, 0.29) is 18.3 Å². The van der Waals surface area contributed by atoms with E-state index in [9.17, 15) is 4.79 Å². The lowest BCUT2D eigenvalue weighted by Crippen LogP contribution is -2.41. The van der Waals surface area contributed by atoms with E-state index in [1.807, 2.05) is 0 Å². The molecule has 0 aromatic heterocycles. The molecule has 1 saturated carbocycles. The van der Waals surface area contributed by atoms with Gasteiger partial charge in [-0.2, -0.15) is 0 Å². The van der Waals surface area contributed by atoms with Crippen LogP contribution >= 0.6 is 24.2 Å². The van der Waals surface area contributed by atoms with Gasteiger partial charge in [0.25, 0.3) is 0 Å². The Morgan fingerprint density at radius 2 is 1.95 bits per heavy atom. The van der Waals surface area contributed by atoms with Gasteiger partial charge < -0.3 is 15.8 Å². The molecule has 1 aliphatic heterocycles. The third-order valence-corrected chi connectivity index (χ3v) is 5.02. The van der Waals surface area contributed by atoms with Crippen molar-refractivity contribution in [2.24, 2.45) is 5.73 Å². The zero-order valence-corrected chi connectivity index (χ0v) is 13.6. The van der Waals surface area contributed by atoms with Crippen molar-refractivity contribution < 1.29 is 9.53 Å². The van der Waals surface area contributed by atoms with E-state index in [4.69, 9.17) is 10.5 Å². The molecular weight excluding hydrogens is 296 g/mol. The Labute approximate surface area is 132 Å². The lowest BCUT2D eigenvalue weighted by molar-refractivity contribution is -0.119. The highest BCUT2D eigenvalue weighted by molar-refractivity contribution is 7.99. The fraction of sp³-hybridized carbons (Fsp3) is 0.929. The Morgan fingerprint density at radius 3 is 2.60 bits per heavy atom. The average Bonchev–Trinajstić information content (AvgIpc) is 2.43. The molecule has 1 unspecified atom stereocenters. The van der Waals surface area contributed by atoms with Crippen LogP contribution in [0.15, 0.2) is 0 Å². The van der Waals surface area contributed by atoms with Gasteiger partial charge >= 0.3 is 0 Å². The number of amides is 1. The van der Waals surface area contributed by atoms with Crippen molar-refractivity contribution in [3.8, 4) is 0 Å². The molecule has 0 aromatic rings. The Hall–Kier alpha value is 0.0300. The van der Waals surface area contributed by atoms with Crippen molar-refractivity contribution in [2.75, 3.05) is 18.1 Å². The van der Waals surface area contributed by atoms with Gasteiger partial charge in [0.1, 0.15) is 0 Å². The predicted octanol–water partition coefficient (Wildman–Crippen LogP) is 2.10. The number of thioether (sulfide) groups is 1. The molecule has 0 aromatic carbocycles. The topological polar surface area (TPSA) is 64.3 Å². The Balaban J connectivity index is 0.00000200. The molecule has 0 bridgehead atoms. The number of rotatable bonds is 5. The van der Waals surface area contributed by atoms with Gasteiger partial charge in [0.15, 0.2) is 0 Å². The van der Waals surface area contributed by atoms with E-state index < -0.39 is 0 Å². The van der Waals surface area contributed by atoms with Gasteiger partial charge in [-0.05, 0) is 44.9 Å². The van der Waals surface area contributed by atoms with Gasteiger partial charge in [-0.25, -0.2) is 0 Å². The molecule has 1 saturated heterocycles. The van der Waals surface area contributed by atoms with Crippen LogP contribution in [0.2, 0.25) is 0 Å². The Morgan fingerprint density at radius 1 is 1.20 bits per heavy atom. The van der Waals surface area contributed by atoms with Crippen molar-refractivity contribution in [1.29, 1.82) is 0 Å². The van der Waals surface area contributed by atoms with Crippen LogP contribution in [0.3, 0.4) is 0 Å². The molecule has 118 valence electrons. The monoisotopic (exact) mass is 322 g/mol. The first-order valence-corrected chi connectivity index (χ1v) is 8.64. The smallest absolute Gasteiger partial charge is 0.230 e. The van der Waals surface area contributed by atoms with Crippen LogP contribution in [0.5, 0.6) is 0 Å². The fourth-order valence-corrected chi connectivity index (χ4v) is 3.67. The summed E-state index contributed by atoms with van der Waals surface area (Å²) in [6.07, 6.45) is 8.09. The maximum Gasteiger partial charge on any atom is 0.230 e. The summed E-state index contributed by atoms with van der Waals surface area (Å²) in [4.78, 5) is 11.8. The highest BCUT2D eigenvalue weighted by Gasteiger charge is 2.20. The summed E-state index contributed by atoms with van der Waals surface area (Å²) in [6.45, 7) is 0.889. The van der Waals surface area contributed by atoms with Gasteiger partial charge in [0.05, 0.1) is 11.9 Å².